The zero-order valence-corrected chi connectivity index (χ0v) is 19.5. The average molecular weight is 480 g/mol. The molecular formula is C26H26FN3O5. The predicted molar refractivity (Wildman–Crippen MR) is 126 cm³/mol. The number of imidazole rings is 1. The Hall–Kier alpha value is -4.14. The second-order valence-corrected chi connectivity index (χ2v) is 8.00. The lowest BCUT2D eigenvalue weighted by Gasteiger charge is -2.26. The molecule has 1 aliphatic heterocycles. The molecule has 4 rings (SSSR count). The number of methoxy groups -OCH3 is 1. The third kappa shape index (κ3) is 4.89. The van der Waals surface area contributed by atoms with Crippen LogP contribution in [0.4, 0.5) is 4.39 Å². The van der Waals surface area contributed by atoms with Crippen molar-refractivity contribution in [1.82, 2.24) is 14.5 Å². The van der Waals surface area contributed by atoms with Crippen LogP contribution in [0.25, 0.3) is 5.76 Å². The molecule has 2 heterocycles. The third-order valence-electron chi connectivity index (χ3n) is 5.84. The van der Waals surface area contributed by atoms with Crippen LogP contribution in [0.5, 0.6) is 11.5 Å². The fraction of sp³-hybridized carbons (Fsp3) is 0.269. The molecule has 0 aliphatic carbocycles. The smallest absolute Gasteiger partial charge is 0.295 e. The van der Waals surface area contributed by atoms with E-state index in [1.807, 2.05) is 17.7 Å². The summed E-state index contributed by atoms with van der Waals surface area (Å²) in [4.78, 5) is 31.7. The molecule has 1 N–H and O–H groups in total. The Balaban J connectivity index is 1.77. The molecule has 1 aliphatic rings. The van der Waals surface area contributed by atoms with Gasteiger partial charge in [-0.1, -0.05) is 6.07 Å². The number of ether oxygens (including phenoxy) is 2. The molecule has 1 saturated heterocycles. The van der Waals surface area contributed by atoms with Gasteiger partial charge in [-0.05, 0) is 55.3 Å². The van der Waals surface area contributed by atoms with E-state index < -0.39 is 23.5 Å². The lowest BCUT2D eigenvalue weighted by molar-refractivity contribution is -0.139. The molecule has 0 bridgehead atoms. The number of aryl methyl sites for hydroxylation is 1. The first-order valence-electron chi connectivity index (χ1n) is 11.3. The molecule has 9 heteroatoms. The van der Waals surface area contributed by atoms with E-state index in [0.29, 0.717) is 36.6 Å². The molecule has 1 atom stereocenters. The summed E-state index contributed by atoms with van der Waals surface area (Å²) in [6.07, 6.45) is 5.72. The highest BCUT2D eigenvalue weighted by atomic mass is 19.1. The van der Waals surface area contributed by atoms with E-state index in [1.165, 1.54) is 36.3 Å². The Morgan fingerprint density at radius 3 is 2.54 bits per heavy atom. The minimum absolute atomic E-state index is 0.0598. The lowest BCUT2D eigenvalue weighted by Crippen LogP contribution is -2.31. The molecule has 0 saturated carbocycles. The van der Waals surface area contributed by atoms with Crippen LogP contribution in [0.3, 0.4) is 0 Å². The van der Waals surface area contributed by atoms with Gasteiger partial charge in [0.1, 0.15) is 11.6 Å². The Bertz CT molecular complexity index is 1240. The van der Waals surface area contributed by atoms with E-state index in [-0.39, 0.29) is 23.4 Å². The van der Waals surface area contributed by atoms with Gasteiger partial charge in [0.15, 0.2) is 11.5 Å². The van der Waals surface area contributed by atoms with Crippen LogP contribution in [0.2, 0.25) is 0 Å². The lowest BCUT2D eigenvalue weighted by atomic mass is 9.95. The largest absolute Gasteiger partial charge is 0.507 e. The number of likely N-dealkylation sites (tertiary alicyclic amines) is 1. The first-order chi connectivity index (χ1) is 16.9. The van der Waals surface area contributed by atoms with Gasteiger partial charge in [0.25, 0.3) is 11.7 Å². The van der Waals surface area contributed by atoms with Crippen molar-refractivity contribution in [3.63, 3.8) is 0 Å². The number of aliphatic hydroxyl groups excluding tert-OH is 1. The van der Waals surface area contributed by atoms with Crippen molar-refractivity contribution in [3.8, 4) is 11.5 Å². The maximum Gasteiger partial charge on any atom is 0.295 e. The van der Waals surface area contributed by atoms with Crippen LogP contribution < -0.4 is 9.47 Å². The van der Waals surface area contributed by atoms with Crippen LogP contribution >= 0.6 is 0 Å². The number of aromatic nitrogens is 2. The summed E-state index contributed by atoms with van der Waals surface area (Å²) in [6, 6.07) is 9.40. The molecule has 8 nitrogen and oxygen atoms in total. The summed E-state index contributed by atoms with van der Waals surface area (Å²) in [7, 11) is 1.50. The first-order valence-corrected chi connectivity index (χ1v) is 11.3. The average Bonchev–Trinajstić information content (AvgIpc) is 3.47. The van der Waals surface area contributed by atoms with Crippen molar-refractivity contribution in [2.75, 3.05) is 20.3 Å². The van der Waals surface area contributed by atoms with E-state index in [1.54, 1.807) is 30.7 Å². The number of rotatable bonds is 9. The van der Waals surface area contributed by atoms with E-state index in [2.05, 4.69) is 4.98 Å². The molecule has 2 aromatic carbocycles. The zero-order chi connectivity index (χ0) is 24.9. The summed E-state index contributed by atoms with van der Waals surface area (Å²) >= 11 is 0. The minimum Gasteiger partial charge on any atom is -0.507 e. The SMILES string of the molecule is CCOc1ccc([C@@H]2C(=C(O)c3ccc(F)cc3)C(=O)C(=O)N2CCCn2ccnc2)cc1OC. The number of amides is 1. The number of nitrogens with zero attached hydrogens (tertiary/aromatic N) is 3. The molecule has 3 aromatic rings. The minimum atomic E-state index is -0.854. The molecule has 35 heavy (non-hydrogen) atoms. The standard InChI is InChI=1S/C26H26FN3O5/c1-3-35-20-10-7-18(15-21(20)34-2)23-22(24(31)17-5-8-19(27)9-6-17)25(32)26(33)30(23)13-4-12-29-14-11-28-16-29/h5-11,14-16,23,31H,3-4,12-13H2,1-2H3/t23-/m1/s1. The van der Waals surface area contributed by atoms with Gasteiger partial charge < -0.3 is 24.0 Å². The molecule has 0 radical (unpaired) electrons. The van der Waals surface area contributed by atoms with Gasteiger partial charge in [0.05, 0.1) is 31.7 Å². The van der Waals surface area contributed by atoms with E-state index in [4.69, 9.17) is 9.47 Å². The number of benzene rings is 2. The van der Waals surface area contributed by atoms with Crippen molar-refractivity contribution in [2.45, 2.75) is 25.9 Å². The molecule has 182 valence electrons. The van der Waals surface area contributed by atoms with Gasteiger partial charge in [-0.2, -0.15) is 0 Å². The normalized spacial score (nSPS) is 17.1. The highest BCUT2D eigenvalue weighted by Crippen LogP contribution is 2.42. The monoisotopic (exact) mass is 479 g/mol. The number of carbonyl (C=O) groups is 2. The van der Waals surface area contributed by atoms with E-state index in [9.17, 15) is 19.1 Å². The van der Waals surface area contributed by atoms with Gasteiger partial charge in [-0.3, -0.25) is 9.59 Å². The van der Waals surface area contributed by atoms with Gasteiger partial charge in [-0.15, -0.1) is 0 Å². The first kappa shape index (κ1) is 24.0. The molecule has 1 aromatic heterocycles. The summed E-state index contributed by atoms with van der Waals surface area (Å²) in [5.74, 6) is -1.39. The second kappa shape index (κ2) is 10.4. The van der Waals surface area contributed by atoms with Crippen LogP contribution in [-0.2, 0) is 16.1 Å². The van der Waals surface area contributed by atoms with Gasteiger partial charge in [0.2, 0.25) is 0 Å². The van der Waals surface area contributed by atoms with Gasteiger partial charge in [0, 0.05) is 31.0 Å². The summed E-state index contributed by atoms with van der Waals surface area (Å²) in [6.45, 7) is 3.15. The van der Waals surface area contributed by atoms with Crippen molar-refractivity contribution in [1.29, 1.82) is 0 Å². The van der Waals surface area contributed by atoms with Crippen LogP contribution in [0.1, 0.15) is 30.5 Å². The van der Waals surface area contributed by atoms with Crippen molar-refractivity contribution in [3.05, 3.63) is 83.7 Å². The fourth-order valence-corrected chi connectivity index (χ4v) is 4.19. The van der Waals surface area contributed by atoms with Gasteiger partial charge >= 0.3 is 0 Å². The highest BCUT2D eigenvalue weighted by molar-refractivity contribution is 6.46. The number of Topliss-reactive ketones (excluding diaryl/α,β-unsaturated/α-hetero) is 1. The maximum absolute atomic E-state index is 13.5. The number of ketones is 1. The summed E-state index contributed by atoms with van der Waals surface area (Å²) in [5.41, 5.74) is 0.761. The zero-order valence-electron chi connectivity index (χ0n) is 19.5. The van der Waals surface area contributed by atoms with Crippen molar-refractivity contribution < 1.29 is 28.6 Å². The predicted octanol–water partition coefficient (Wildman–Crippen LogP) is 3.94. The van der Waals surface area contributed by atoms with Crippen LogP contribution in [0, 0.1) is 5.82 Å². The van der Waals surface area contributed by atoms with E-state index >= 15 is 0 Å². The number of halogens is 1. The Kier molecular flexibility index (Phi) is 7.14. The second-order valence-electron chi connectivity index (χ2n) is 8.00. The number of hydrogen-bond acceptors (Lipinski definition) is 6. The Morgan fingerprint density at radius 2 is 1.89 bits per heavy atom. The molecule has 0 unspecified atom stereocenters. The quantitative estimate of drug-likeness (QED) is 0.284. The molecular weight excluding hydrogens is 453 g/mol. The van der Waals surface area contributed by atoms with Crippen molar-refractivity contribution >= 4 is 17.4 Å². The number of carbonyl (C=O) groups excluding carboxylic acids is 2. The van der Waals surface area contributed by atoms with Crippen molar-refractivity contribution in [2.24, 2.45) is 0 Å². The molecule has 1 amide bonds. The Labute approximate surface area is 202 Å². The Morgan fingerprint density at radius 1 is 1.11 bits per heavy atom. The number of hydrogen-bond donors (Lipinski definition) is 1. The third-order valence-corrected chi connectivity index (χ3v) is 5.84. The fourth-order valence-electron chi connectivity index (χ4n) is 4.19. The molecule has 0 spiro atoms. The maximum atomic E-state index is 13.5. The summed E-state index contributed by atoms with van der Waals surface area (Å²) < 4.78 is 26.4. The van der Waals surface area contributed by atoms with Crippen LogP contribution in [-0.4, -0.2) is 51.5 Å². The molecule has 1 fully saturated rings. The van der Waals surface area contributed by atoms with Gasteiger partial charge in [-0.25, -0.2) is 9.37 Å². The topological polar surface area (TPSA) is 93.9 Å². The summed E-state index contributed by atoms with van der Waals surface area (Å²) in [5, 5.41) is 11.1. The highest BCUT2D eigenvalue weighted by Gasteiger charge is 2.46. The number of aliphatic hydroxyl groups is 1. The van der Waals surface area contributed by atoms with Crippen LogP contribution in [0.15, 0.2) is 66.8 Å². The van der Waals surface area contributed by atoms with E-state index in [0.717, 1.165) is 0 Å².